The highest BCUT2D eigenvalue weighted by Crippen LogP contribution is 2.26. The Morgan fingerprint density at radius 1 is 1.35 bits per heavy atom. The lowest BCUT2D eigenvalue weighted by molar-refractivity contribution is -0.122. The van der Waals surface area contributed by atoms with Gasteiger partial charge in [-0.05, 0) is 25.8 Å². The standard InChI is InChI=1S/C14H16N4O2/c1-9-15-7-6-11(16-9)14-17-13(20-18-14)8-12(19)10-4-2-3-5-10/h6-7,10H,2-5,8H2,1H3. The summed E-state index contributed by atoms with van der Waals surface area (Å²) in [6.07, 6.45) is 6.15. The third kappa shape index (κ3) is 2.74. The van der Waals surface area contributed by atoms with Crippen molar-refractivity contribution < 1.29 is 9.32 Å². The molecular formula is C14H16N4O2. The van der Waals surface area contributed by atoms with E-state index >= 15 is 0 Å². The number of carbonyl (C=O) groups excluding carboxylic acids is 1. The fourth-order valence-electron chi connectivity index (χ4n) is 2.55. The van der Waals surface area contributed by atoms with Crippen molar-refractivity contribution in [2.75, 3.05) is 0 Å². The number of Topliss-reactive ketones (excluding diaryl/α,β-unsaturated/α-hetero) is 1. The SMILES string of the molecule is Cc1nccc(-c2noc(CC(=O)C3CCCC3)n2)n1. The Labute approximate surface area is 116 Å². The summed E-state index contributed by atoms with van der Waals surface area (Å²) in [7, 11) is 0. The first kappa shape index (κ1) is 12.9. The molecule has 104 valence electrons. The van der Waals surface area contributed by atoms with Crippen molar-refractivity contribution in [3.05, 3.63) is 24.0 Å². The topological polar surface area (TPSA) is 81.8 Å². The molecule has 1 aliphatic rings. The monoisotopic (exact) mass is 272 g/mol. The summed E-state index contributed by atoms with van der Waals surface area (Å²) < 4.78 is 5.15. The maximum atomic E-state index is 12.1. The third-order valence-corrected chi connectivity index (χ3v) is 3.61. The van der Waals surface area contributed by atoms with E-state index in [1.54, 1.807) is 19.2 Å². The Balaban J connectivity index is 1.72. The van der Waals surface area contributed by atoms with E-state index in [1.165, 1.54) is 0 Å². The highest BCUT2D eigenvalue weighted by Gasteiger charge is 2.24. The van der Waals surface area contributed by atoms with Gasteiger partial charge in [-0.3, -0.25) is 4.79 Å². The molecule has 0 spiro atoms. The van der Waals surface area contributed by atoms with E-state index in [-0.39, 0.29) is 18.1 Å². The van der Waals surface area contributed by atoms with Gasteiger partial charge in [0.2, 0.25) is 11.7 Å². The molecule has 0 unspecified atom stereocenters. The van der Waals surface area contributed by atoms with E-state index < -0.39 is 0 Å². The van der Waals surface area contributed by atoms with Crippen LogP contribution in [0, 0.1) is 12.8 Å². The van der Waals surface area contributed by atoms with Crippen molar-refractivity contribution >= 4 is 5.78 Å². The van der Waals surface area contributed by atoms with Crippen LogP contribution in [0.25, 0.3) is 11.5 Å². The van der Waals surface area contributed by atoms with Gasteiger partial charge in [0.1, 0.15) is 17.3 Å². The van der Waals surface area contributed by atoms with Gasteiger partial charge in [0.15, 0.2) is 0 Å². The molecule has 1 saturated carbocycles. The van der Waals surface area contributed by atoms with Crippen LogP contribution in [0.2, 0.25) is 0 Å². The molecule has 2 aromatic heterocycles. The van der Waals surface area contributed by atoms with Crippen LogP contribution in [0.15, 0.2) is 16.8 Å². The number of ketones is 1. The van der Waals surface area contributed by atoms with Crippen molar-refractivity contribution in [3.8, 4) is 11.5 Å². The van der Waals surface area contributed by atoms with Gasteiger partial charge < -0.3 is 4.52 Å². The van der Waals surface area contributed by atoms with Crippen molar-refractivity contribution in [1.29, 1.82) is 0 Å². The van der Waals surface area contributed by atoms with Gasteiger partial charge in [-0.25, -0.2) is 9.97 Å². The Bertz CT molecular complexity index is 617. The van der Waals surface area contributed by atoms with Crippen LogP contribution in [0.4, 0.5) is 0 Å². The average molecular weight is 272 g/mol. The molecule has 0 saturated heterocycles. The molecule has 1 aliphatic carbocycles. The molecule has 3 rings (SSSR count). The molecule has 2 aromatic rings. The van der Waals surface area contributed by atoms with Crippen LogP contribution < -0.4 is 0 Å². The quantitative estimate of drug-likeness (QED) is 0.848. The van der Waals surface area contributed by atoms with E-state index in [0.717, 1.165) is 25.7 Å². The van der Waals surface area contributed by atoms with Gasteiger partial charge in [0.05, 0.1) is 6.42 Å². The van der Waals surface area contributed by atoms with Crippen LogP contribution >= 0.6 is 0 Å². The van der Waals surface area contributed by atoms with Crippen molar-refractivity contribution in [1.82, 2.24) is 20.1 Å². The van der Waals surface area contributed by atoms with Crippen LogP contribution in [-0.2, 0) is 11.2 Å². The first-order valence-electron chi connectivity index (χ1n) is 6.87. The number of hydrogen-bond donors (Lipinski definition) is 0. The normalized spacial score (nSPS) is 15.7. The van der Waals surface area contributed by atoms with Gasteiger partial charge >= 0.3 is 0 Å². The van der Waals surface area contributed by atoms with Crippen LogP contribution in [0.3, 0.4) is 0 Å². The van der Waals surface area contributed by atoms with Crippen LogP contribution in [0.1, 0.15) is 37.4 Å². The summed E-state index contributed by atoms with van der Waals surface area (Å²) in [4.78, 5) is 24.6. The predicted octanol–water partition coefficient (Wildman–Crippen LogP) is 2.14. The fourth-order valence-corrected chi connectivity index (χ4v) is 2.55. The molecule has 0 atom stereocenters. The Kier molecular flexibility index (Phi) is 3.54. The maximum Gasteiger partial charge on any atom is 0.234 e. The molecule has 0 radical (unpaired) electrons. The highest BCUT2D eigenvalue weighted by atomic mass is 16.5. The molecule has 0 bridgehead atoms. The molecule has 0 aromatic carbocycles. The number of nitrogens with zero attached hydrogens (tertiary/aromatic N) is 4. The molecule has 2 heterocycles. The Morgan fingerprint density at radius 2 is 2.15 bits per heavy atom. The molecule has 20 heavy (non-hydrogen) atoms. The van der Waals surface area contributed by atoms with Crippen LogP contribution in [-0.4, -0.2) is 25.9 Å². The maximum absolute atomic E-state index is 12.1. The van der Waals surface area contributed by atoms with Gasteiger partial charge in [-0.1, -0.05) is 18.0 Å². The van der Waals surface area contributed by atoms with Gasteiger partial charge in [-0.2, -0.15) is 4.98 Å². The third-order valence-electron chi connectivity index (χ3n) is 3.61. The molecule has 0 N–H and O–H groups in total. The molecule has 1 fully saturated rings. The van der Waals surface area contributed by atoms with E-state index in [1.807, 2.05) is 0 Å². The van der Waals surface area contributed by atoms with Gasteiger partial charge in [-0.15, -0.1) is 0 Å². The lowest BCUT2D eigenvalue weighted by Crippen LogP contribution is -2.13. The smallest absolute Gasteiger partial charge is 0.234 e. The van der Waals surface area contributed by atoms with Crippen LogP contribution in [0.5, 0.6) is 0 Å². The van der Waals surface area contributed by atoms with E-state index in [0.29, 0.717) is 23.2 Å². The van der Waals surface area contributed by atoms with Crippen molar-refractivity contribution in [3.63, 3.8) is 0 Å². The summed E-state index contributed by atoms with van der Waals surface area (Å²) in [5.74, 6) is 1.80. The zero-order valence-electron chi connectivity index (χ0n) is 11.4. The second-order valence-corrected chi connectivity index (χ2v) is 5.13. The minimum absolute atomic E-state index is 0.173. The van der Waals surface area contributed by atoms with Gasteiger partial charge in [0, 0.05) is 12.1 Å². The molecule has 6 heteroatoms. The predicted molar refractivity (Wildman–Crippen MR) is 70.7 cm³/mol. The second kappa shape index (κ2) is 5.48. The Morgan fingerprint density at radius 3 is 2.90 bits per heavy atom. The summed E-state index contributed by atoms with van der Waals surface area (Å²) in [6.45, 7) is 1.80. The van der Waals surface area contributed by atoms with Crippen molar-refractivity contribution in [2.45, 2.75) is 39.0 Å². The number of aromatic nitrogens is 4. The highest BCUT2D eigenvalue weighted by molar-refractivity contribution is 5.82. The summed E-state index contributed by atoms with van der Waals surface area (Å²) in [5.41, 5.74) is 0.612. The minimum atomic E-state index is 0.173. The molecular weight excluding hydrogens is 256 g/mol. The number of aryl methyl sites for hydroxylation is 1. The first-order valence-corrected chi connectivity index (χ1v) is 6.87. The fraction of sp³-hybridized carbons (Fsp3) is 0.500. The number of carbonyl (C=O) groups is 1. The summed E-state index contributed by atoms with van der Waals surface area (Å²) in [5, 5.41) is 3.88. The average Bonchev–Trinajstić information content (AvgIpc) is 3.10. The zero-order chi connectivity index (χ0) is 13.9. The molecule has 6 nitrogen and oxygen atoms in total. The second-order valence-electron chi connectivity index (χ2n) is 5.13. The Hall–Kier alpha value is -2.11. The largest absolute Gasteiger partial charge is 0.338 e. The lowest BCUT2D eigenvalue weighted by atomic mass is 10.0. The molecule has 0 aliphatic heterocycles. The van der Waals surface area contributed by atoms with E-state index in [4.69, 9.17) is 4.52 Å². The lowest BCUT2D eigenvalue weighted by Gasteiger charge is -2.04. The minimum Gasteiger partial charge on any atom is -0.338 e. The number of rotatable bonds is 4. The zero-order valence-corrected chi connectivity index (χ0v) is 11.4. The number of hydrogen-bond acceptors (Lipinski definition) is 6. The van der Waals surface area contributed by atoms with Gasteiger partial charge in [0.25, 0.3) is 0 Å². The van der Waals surface area contributed by atoms with E-state index in [2.05, 4.69) is 20.1 Å². The summed E-state index contributed by atoms with van der Waals surface area (Å²) in [6, 6.07) is 1.72. The first-order chi connectivity index (χ1) is 9.72. The van der Waals surface area contributed by atoms with Crippen molar-refractivity contribution in [2.24, 2.45) is 5.92 Å². The van der Waals surface area contributed by atoms with E-state index in [9.17, 15) is 4.79 Å². The molecule has 0 amide bonds. The summed E-state index contributed by atoms with van der Waals surface area (Å²) >= 11 is 0.